The lowest BCUT2D eigenvalue weighted by molar-refractivity contribution is 0.472. The molecular weight excluding hydrogens is 289 g/mol. The molecule has 0 fully saturated rings. The molecule has 1 N–H and O–H groups in total. The van der Waals surface area contributed by atoms with Crippen LogP contribution in [0, 0.1) is 5.82 Å². The van der Waals surface area contributed by atoms with Crippen LogP contribution in [-0.4, -0.2) is 17.4 Å². The quantitative estimate of drug-likeness (QED) is 0.623. The smallest absolute Gasteiger partial charge is 0.125 e. The van der Waals surface area contributed by atoms with Crippen molar-refractivity contribution in [2.75, 3.05) is 6.54 Å². The maximum atomic E-state index is 13.5. The standard InChI is InChI=1S/C17H17ClFNO/c1-2-3-10-20-17(12-4-6-13(18)7-5-12)15-11-14(19)8-9-16(15)21/h4-9,11,21H,2-3,10H2,1H3/b20-17+. The first kappa shape index (κ1) is 15.5. The van der Waals surface area contributed by atoms with Gasteiger partial charge in [0.25, 0.3) is 0 Å². The molecule has 0 radical (unpaired) electrons. The summed E-state index contributed by atoms with van der Waals surface area (Å²) in [6.07, 6.45) is 1.96. The van der Waals surface area contributed by atoms with Gasteiger partial charge in [-0.05, 0) is 36.8 Å². The maximum absolute atomic E-state index is 13.5. The highest BCUT2D eigenvalue weighted by molar-refractivity contribution is 6.30. The van der Waals surface area contributed by atoms with E-state index in [4.69, 9.17) is 11.6 Å². The Labute approximate surface area is 128 Å². The van der Waals surface area contributed by atoms with E-state index in [-0.39, 0.29) is 5.75 Å². The molecule has 110 valence electrons. The molecule has 0 amide bonds. The fourth-order valence-electron chi connectivity index (χ4n) is 1.99. The van der Waals surface area contributed by atoms with E-state index >= 15 is 0 Å². The average molecular weight is 306 g/mol. The third-order valence-corrected chi connectivity index (χ3v) is 3.36. The van der Waals surface area contributed by atoms with E-state index in [0.29, 0.717) is 22.8 Å². The second kappa shape index (κ2) is 7.23. The predicted octanol–water partition coefficient (Wildman–Crippen LogP) is 4.82. The fourth-order valence-corrected chi connectivity index (χ4v) is 2.11. The molecule has 21 heavy (non-hydrogen) atoms. The molecule has 0 saturated carbocycles. The van der Waals surface area contributed by atoms with E-state index in [2.05, 4.69) is 11.9 Å². The van der Waals surface area contributed by atoms with Crippen molar-refractivity contribution in [1.29, 1.82) is 0 Å². The molecule has 0 spiro atoms. The van der Waals surface area contributed by atoms with Gasteiger partial charge in [0, 0.05) is 22.7 Å². The molecule has 0 bridgehead atoms. The third kappa shape index (κ3) is 4.05. The van der Waals surface area contributed by atoms with Gasteiger partial charge in [-0.3, -0.25) is 4.99 Å². The first-order chi connectivity index (χ1) is 10.1. The second-order valence-electron chi connectivity index (χ2n) is 4.75. The maximum Gasteiger partial charge on any atom is 0.125 e. The molecule has 0 atom stereocenters. The molecule has 0 aromatic heterocycles. The summed E-state index contributed by atoms with van der Waals surface area (Å²) in [6.45, 7) is 2.71. The Balaban J connectivity index is 2.47. The Morgan fingerprint density at radius 2 is 1.90 bits per heavy atom. The van der Waals surface area contributed by atoms with Crippen LogP contribution in [-0.2, 0) is 0 Å². The summed E-state index contributed by atoms with van der Waals surface area (Å²) >= 11 is 5.90. The zero-order valence-electron chi connectivity index (χ0n) is 11.8. The van der Waals surface area contributed by atoms with Crippen molar-refractivity contribution < 1.29 is 9.50 Å². The minimum absolute atomic E-state index is 0.0154. The van der Waals surface area contributed by atoms with E-state index < -0.39 is 5.82 Å². The predicted molar refractivity (Wildman–Crippen MR) is 84.9 cm³/mol. The number of hydrogen-bond acceptors (Lipinski definition) is 2. The van der Waals surface area contributed by atoms with Crippen LogP contribution in [0.2, 0.25) is 5.02 Å². The van der Waals surface area contributed by atoms with E-state index in [0.717, 1.165) is 18.4 Å². The highest BCUT2D eigenvalue weighted by Crippen LogP contribution is 2.23. The number of benzene rings is 2. The molecule has 2 aromatic rings. The Hall–Kier alpha value is -1.87. The zero-order valence-corrected chi connectivity index (χ0v) is 12.6. The highest BCUT2D eigenvalue weighted by atomic mass is 35.5. The van der Waals surface area contributed by atoms with Crippen LogP contribution in [0.4, 0.5) is 4.39 Å². The Kier molecular flexibility index (Phi) is 5.34. The van der Waals surface area contributed by atoms with Crippen molar-refractivity contribution in [1.82, 2.24) is 0 Å². The number of phenolic OH excluding ortho intramolecular Hbond substituents is 1. The number of nitrogens with zero attached hydrogens (tertiary/aromatic N) is 1. The summed E-state index contributed by atoms with van der Waals surface area (Å²) in [5.41, 5.74) is 1.78. The molecule has 4 heteroatoms. The van der Waals surface area contributed by atoms with Crippen molar-refractivity contribution in [3.63, 3.8) is 0 Å². The van der Waals surface area contributed by atoms with Crippen LogP contribution in [0.15, 0.2) is 47.5 Å². The van der Waals surface area contributed by atoms with Crippen molar-refractivity contribution in [2.45, 2.75) is 19.8 Å². The number of aliphatic imine (C=N–C) groups is 1. The molecule has 0 saturated heterocycles. The van der Waals surface area contributed by atoms with Gasteiger partial charge in [-0.1, -0.05) is 37.1 Å². The van der Waals surface area contributed by atoms with E-state index in [1.165, 1.54) is 18.2 Å². The average Bonchev–Trinajstić information content (AvgIpc) is 2.48. The summed E-state index contributed by atoms with van der Waals surface area (Å²) < 4.78 is 13.5. The topological polar surface area (TPSA) is 32.6 Å². The highest BCUT2D eigenvalue weighted by Gasteiger charge is 2.12. The van der Waals surface area contributed by atoms with Crippen LogP contribution in [0.1, 0.15) is 30.9 Å². The van der Waals surface area contributed by atoms with Crippen LogP contribution in [0.25, 0.3) is 0 Å². The first-order valence-corrected chi connectivity index (χ1v) is 7.29. The molecule has 0 unspecified atom stereocenters. The Bertz CT molecular complexity index is 638. The van der Waals surface area contributed by atoms with Gasteiger partial charge >= 0.3 is 0 Å². The lowest BCUT2D eigenvalue weighted by Gasteiger charge is -2.10. The molecule has 0 aliphatic heterocycles. The van der Waals surface area contributed by atoms with Crippen LogP contribution in [0.3, 0.4) is 0 Å². The fraction of sp³-hybridized carbons (Fsp3) is 0.235. The van der Waals surface area contributed by atoms with E-state index in [1.54, 1.807) is 12.1 Å². The normalized spacial score (nSPS) is 11.7. The van der Waals surface area contributed by atoms with Crippen molar-refractivity contribution in [3.8, 4) is 5.75 Å². The molecule has 0 aliphatic carbocycles. The lowest BCUT2D eigenvalue weighted by atomic mass is 10.0. The molecular formula is C17H17ClFNO. The van der Waals surface area contributed by atoms with Gasteiger partial charge in [0.15, 0.2) is 0 Å². The van der Waals surface area contributed by atoms with E-state index in [9.17, 15) is 9.50 Å². The largest absolute Gasteiger partial charge is 0.507 e. The number of unbranched alkanes of at least 4 members (excludes halogenated alkanes) is 1. The summed E-state index contributed by atoms with van der Waals surface area (Å²) in [5.74, 6) is -0.387. The van der Waals surface area contributed by atoms with Gasteiger partial charge in [0.05, 0.1) is 5.71 Å². The molecule has 0 aliphatic rings. The van der Waals surface area contributed by atoms with Gasteiger partial charge in [-0.2, -0.15) is 0 Å². The molecule has 2 rings (SSSR count). The molecule has 2 nitrogen and oxygen atoms in total. The number of aromatic hydroxyl groups is 1. The van der Waals surface area contributed by atoms with E-state index in [1.807, 2.05) is 12.1 Å². The van der Waals surface area contributed by atoms with Crippen LogP contribution >= 0.6 is 11.6 Å². The summed E-state index contributed by atoms with van der Waals surface area (Å²) in [6, 6.07) is 11.0. The number of hydrogen-bond donors (Lipinski definition) is 1. The number of rotatable bonds is 5. The second-order valence-corrected chi connectivity index (χ2v) is 5.19. The summed E-state index contributed by atoms with van der Waals surface area (Å²) in [5, 5.41) is 10.6. The first-order valence-electron chi connectivity index (χ1n) is 6.91. The monoisotopic (exact) mass is 305 g/mol. The van der Waals surface area contributed by atoms with Gasteiger partial charge in [0.1, 0.15) is 11.6 Å². The number of halogens is 2. The summed E-state index contributed by atoms with van der Waals surface area (Å²) in [4.78, 5) is 4.53. The molecule has 0 heterocycles. The minimum Gasteiger partial charge on any atom is -0.507 e. The third-order valence-electron chi connectivity index (χ3n) is 3.11. The minimum atomic E-state index is -0.403. The van der Waals surface area contributed by atoms with Gasteiger partial charge in [-0.15, -0.1) is 0 Å². The van der Waals surface area contributed by atoms with Crippen molar-refractivity contribution in [3.05, 3.63) is 64.4 Å². The lowest BCUT2D eigenvalue weighted by Crippen LogP contribution is -2.05. The Morgan fingerprint density at radius 1 is 1.19 bits per heavy atom. The number of phenols is 1. The van der Waals surface area contributed by atoms with Gasteiger partial charge in [0.2, 0.25) is 0 Å². The van der Waals surface area contributed by atoms with Crippen LogP contribution < -0.4 is 0 Å². The Morgan fingerprint density at radius 3 is 2.57 bits per heavy atom. The van der Waals surface area contributed by atoms with Crippen molar-refractivity contribution >= 4 is 17.3 Å². The summed E-state index contributed by atoms with van der Waals surface area (Å²) in [7, 11) is 0. The van der Waals surface area contributed by atoms with Crippen molar-refractivity contribution in [2.24, 2.45) is 4.99 Å². The zero-order chi connectivity index (χ0) is 15.2. The SMILES string of the molecule is CCCC/N=C(\c1ccc(Cl)cc1)c1cc(F)ccc1O. The van der Waals surface area contributed by atoms with Crippen LogP contribution in [0.5, 0.6) is 5.75 Å². The van der Waals surface area contributed by atoms with Gasteiger partial charge < -0.3 is 5.11 Å². The van der Waals surface area contributed by atoms with Gasteiger partial charge in [-0.25, -0.2) is 4.39 Å². The molecule has 2 aromatic carbocycles.